The fourth-order valence-electron chi connectivity index (χ4n) is 0.452. The van der Waals surface area contributed by atoms with Gasteiger partial charge in [0.1, 0.15) is 6.61 Å². The van der Waals surface area contributed by atoms with Crippen LogP contribution < -0.4 is 0 Å². The molecule has 0 rings (SSSR count). The van der Waals surface area contributed by atoms with Crippen molar-refractivity contribution in [1.29, 1.82) is 0 Å². The number of rotatable bonds is 10. The number of hydrogen-bond donors (Lipinski definition) is 0. The van der Waals surface area contributed by atoms with Crippen LogP contribution in [0.1, 0.15) is 13.8 Å². The summed E-state index contributed by atoms with van der Waals surface area (Å²) in [5.74, 6) is 0. The summed E-state index contributed by atoms with van der Waals surface area (Å²) in [4.78, 5) is 17.9. The highest BCUT2D eigenvalue weighted by atomic mass is 17.5. The van der Waals surface area contributed by atoms with E-state index in [0.29, 0.717) is 26.4 Å². The Hall–Kier alpha value is -0.240. The van der Waals surface area contributed by atoms with Gasteiger partial charge in [0.05, 0.1) is 13.2 Å². The van der Waals surface area contributed by atoms with E-state index in [4.69, 9.17) is 4.74 Å². The molecule has 0 bridgehead atoms. The molecule has 6 heteroatoms. The summed E-state index contributed by atoms with van der Waals surface area (Å²) in [6.07, 6.45) is 0. The van der Waals surface area contributed by atoms with Crippen molar-refractivity contribution in [1.82, 2.24) is 0 Å². The van der Waals surface area contributed by atoms with Crippen molar-refractivity contribution in [2.75, 3.05) is 33.2 Å². The van der Waals surface area contributed by atoms with Crippen LogP contribution in [0.15, 0.2) is 0 Å². The molecule has 0 aliphatic rings. The molecule has 80 valence electrons. The molecule has 0 saturated heterocycles. The highest BCUT2D eigenvalue weighted by molar-refractivity contribution is 4.20. The van der Waals surface area contributed by atoms with Crippen molar-refractivity contribution in [3.8, 4) is 0 Å². The normalized spacial score (nSPS) is 10.6. The minimum atomic E-state index is -0.147. The Kier molecular flexibility index (Phi) is 11.5. The van der Waals surface area contributed by atoms with Crippen molar-refractivity contribution in [2.45, 2.75) is 13.8 Å². The smallest absolute Gasteiger partial charge is 0.217 e. The molecule has 0 radical (unpaired) electrons. The average molecular weight is 196 g/mol. The first-order valence-corrected chi connectivity index (χ1v) is 4.15. The van der Waals surface area contributed by atoms with Gasteiger partial charge in [-0.05, 0) is 13.8 Å². The van der Waals surface area contributed by atoms with Crippen LogP contribution in [0.4, 0.5) is 0 Å². The minimum absolute atomic E-state index is 0.147. The maximum absolute atomic E-state index is 4.98. The maximum atomic E-state index is 4.98. The van der Waals surface area contributed by atoms with Crippen LogP contribution in [-0.2, 0) is 29.3 Å². The van der Waals surface area contributed by atoms with Gasteiger partial charge in [0, 0.05) is 6.61 Å². The van der Waals surface area contributed by atoms with Gasteiger partial charge in [-0.25, -0.2) is 14.7 Å². The fourth-order valence-corrected chi connectivity index (χ4v) is 0.452. The zero-order chi connectivity index (χ0) is 9.78. The van der Waals surface area contributed by atoms with Crippen molar-refractivity contribution in [2.24, 2.45) is 0 Å². The van der Waals surface area contributed by atoms with Gasteiger partial charge in [0.2, 0.25) is 6.79 Å². The van der Waals surface area contributed by atoms with Crippen molar-refractivity contribution >= 4 is 0 Å². The lowest BCUT2D eigenvalue weighted by Crippen LogP contribution is -2.07. The van der Waals surface area contributed by atoms with Crippen LogP contribution in [0, 0.1) is 0 Å². The Morgan fingerprint density at radius 2 is 1.62 bits per heavy atom. The summed E-state index contributed by atoms with van der Waals surface area (Å²) in [5.41, 5.74) is 0. The summed E-state index contributed by atoms with van der Waals surface area (Å²) in [7, 11) is 0. The van der Waals surface area contributed by atoms with Crippen molar-refractivity contribution < 1.29 is 29.3 Å². The van der Waals surface area contributed by atoms with Crippen LogP contribution >= 0.6 is 0 Å². The quantitative estimate of drug-likeness (QED) is 0.223. The van der Waals surface area contributed by atoms with Gasteiger partial charge < -0.3 is 4.74 Å². The van der Waals surface area contributed by atoms with Crippen LogP contribution in [-0.4, -0.2) is 33.2 Å². The third-order valence-electron chi connectivity index (χ3n) is 0.909. The molecule has 0 aliphatic heterocycles. The topological polar surface area (TPSA) is 55.4 Å². The first-order chi connectivity index (χ1) is 6.41. The molecule has 0 aromatic heterocycles. The SMILES string of the molecule is CCOCCOOCOOOCC. The first-order valence-electron chi connectivity index (χ1n) is 4.15. The van der Waals surface area contributed by atoms with E-state index in [1.807, 2.05) is 6.92 Å². The average Bonchev–Trinajstić information content (AvgIpc) is 2.16. The van der Waals surface area contributed by atoms with E-state index in [-0.39, 0.29) is 6.79 Å². The van der Waals surface area contributed by atoms with E-state index in [1.165, 1.54) is 0 Å². The Bertz CT molecular complexity index is 79.1. The van der Waals surface area contributed by atoms with Crippen LogP contribution in [0.2, 0.25) is 0 Å². The van der Waals surface area contributed by atoms with Gasteiger partial charge in [0.15, 0.2) is 0 Å². The largest absolute Gasteiger partial charge is 0.379 e. The van der Waals surface area contributed by atoms with Crippen molar-refractivity contribution in [3.63, 3.8) is 0 Å². The molecule has 13 heavy (non-hydrogen) atoms. The molecule has 0 aromatic carbocycles. The summed E-state index contributed by atoms with van der Waals surface area (Å²) >= 11 is 0. The first kappa shape index (κ1) is 12.8. The van der Waals surface area contributed by atoms with Gasteiger partial charge in [-0.2, -0.15) is 4.89 Å². The van der Waals surface area contributed by atoms with Gasteiger partial charge in [0.25, 0.3) is 0 Å². The monoisotopic (exact) mass is 196 g/mol. The van der Waals surface area contributed by atoms with Gasteiger partial charge in [-0.3, -0.25) is 0 Å². The summed E-state index contributed by atoms with van der Waals surface area (Å²) in [6.45, 7) is 5.43. The van der Waals surface area contributed by atoms with Crippen molar-refractivity contribution in [3.05, 3.63) is 0 Å². The molecule has 0 aliphatic carbocycles. The zero-order valence-electron chi connectivity index (χ0n) is 7.99. The minimum Gasteiger partial charge on any atom is -0.379 e. The molecule has 0 atom stereocenters. The second-order valence-electron chi connectivity index (χ2n) is 1.85. The molecular formula is C7H16O6. The molecule has 0 heterocycles. The summed E-state index contributed by atoms with van der Waals surface area (Å²) in [5, 5.41) is 4.17. The third kappa shape index (κ3) is 11.8. The lowest BCUT2D eigenvalue weighted by molar-refractivity contribution is -0.546. The molecule has 0 spiro atoms. The number of hydrogen-bond acceptors (Lipinski definition) is 6. The Balaban J connectivity index is 2.76. The molecule has 0 saturated carbocycles. The molecule has 0 fully saturated rings. The molecule has 0 amide bonds. The highest BCUT2D eigenvalue weighted by Crippen LogP contribution is 1.84. The Morgan fingerprint density at radius 1 is 0.769 bits per heavy atom. The predicted octanol–water partition coefficient (Wildman–Crippen LogP) is 0.828. The Morgan fingerprint density at radius 3 is 2.31 bits per heavy atom. The molecule has 0 aromatic rings. The van der Waals surface area contributed by atoms with Crippen LogP contribution in [0.5, 0.6) is 0 Å². The van der Waals surface area contributed by atoms with E-state index >= 15 is 0 Å². The maximum Gasteiger partial charge on any atom is 0.217 e. The molecule has 0 unspecified atom stereocenters. The van der Waals surface area contributed by atoms with Gasteiger partial charge >= 0.3 is 0 Å². The Labute approximate surface area is 77.4 Å². The van der Waals surface area contributed by atoms with Crippen LogP contribution in [0.25, 0.3) is 0 Å². The van der Waals surface area contributed by atoms with E-state index in [2.05, 4.69) is 24.6 Å². The van der Waals surface area contributed by atoms with Crippen LogP contribution in [0.3, 0.4) is 0 Å². The second-order valence-corrected chi connectivity index (χ2v) is 1.85. The summed E-state index contributed by atoms with van der Waals surface area (Å²) < 4.78 is 4.98. The van der Waals surface area contributed by atoms with E-state index in [1.54, 1.807) is 6.92 Å². The third-order valence-corrected chi connectivity index (χ3v) is 0.909. The van der Waals surface area contributed by atoms with Gasteiger partial charge in [-0.15, -0.1) is 0 Å². The lowest BCUT2D eigenvalue weighted by Gasteiger charge is -2.03. The lowest BCUT2D eigenvalue weighted by atomic mass is 10.7. The number of ether oxygens (including phenoxy) is 1. The molecule has 6 nitrogen and oxygen atoms in total. The van der Waals surface area contributed by atoms with Gasteiger partial charge in [-0.1, -0.05) is 5.04 Å². The zero-order valence-corrected chi connectivity index (χ0v) is 7.99. The highest BCUT2D eigenvalue weighted by Gasteiger charge is 1.90. The summed E-state index contributed by atoms with van der Waals surface area (Å²) in [6, 6.07) is 0. The predicted molar refractivity (Wildman–Crippen MR) is 42.2 cm³/mol. The fraction of sp³-hybridized carbons (Fsp3) is 1.00. The standard InChI is InChI=1S/C7H16O6/c1-3-8-5-6-10-11-7-12-13-9-4-2/h3-7H2,1-2H3. The second kappa shape index (κ2) is 11.8. The van der Waals surface area contributed by atoms with E-state index < -0.39 is 0 Å². The molecular weight excluding hydrogens is 180 g/mol. The van der Waals surface area contributed by atoms with E-state index in [0.717, 1.165) is 0 Å². The molecule has 0 N–H and O–H groups in total. The van der Waals surface area contributed by atoms with E-state index in [9.17, 15) is 0 Å².